The molecule has 2 aromatic heterocycles. The van der Waals surface area contributed by atoms with E-state index >= 15 is 0 Å². The minimum Gasteiger partial charge on any atom is -0.490 e. The molecule has 2 N–H and O–H groups in total. The largest absolute Gasteiger partial charge is 0.490 e. The summed E-state index contributed by atoms with van der Waals surface area (Å²) >= 11 is 0. The SMILES string of the molecule is O=C(Nc1cccnc1)N1CCNCC1COc1cccnc1. The van der Waals surface area contributed by atoms with E-state index in [-0.39, 0.29) is 12.1 Å². The zero-order chi connectivity index (χ0) is 15.9. The van der Waals surface area contributed by atoms with Crippen LogP contribution in [0.4, 0.5) is 10.5 Å². The number of amides is 2. The number of piperazine rings is 1. The van der Waals surface area contributed by atoms with Gasteiger partial charge in [-0.2, -0.15) is 0 Å². The van der Waals surface area contributed by atoms with E-state index < -0.39 is 0 Å². The van der Waals surface area contributed by atoms with Crippen LogP contribution in [0.5, 0.6) is 5.75 Å². The van der Waals surface area contributed by atoms with Gasteiger partial charge < -0.3 is 20.3 Å². The fourth-order valence-corrected chi connectivity index (χ4v) is 2.43. The summed E-state index contributed by atoms with van der Waals surface area (Å²) in [5.74, 6) is 0.700. The Bertz CT molecular complexity index is 623. The van der Waals surface area contributed by atoms with Crippen LogP contribution in [0.1, 0.15) is 0 Å². The fourth-order valence-electron chi connectivity index (χ4n) is 2.43. The van der Waals surface area contributed by atoms with E-state index in [1.165, 1.54) is 0 Å². The quantitative estimate of drug-likeness (QED) is 0.891. The van der Waals surface area contributed by atoms with Crippen molar-refractivity contribution in [3.8, 4) is 5.75 Å². The van der Waals surface area contributed by atoms with E-state index in [1.807, 2.05) is 18.2 Å². The summed E-state index contributed by atoms with van der Waals surface area (Å²) in [6.07, 6.45) is 6.66. The molecule has 2 aromatic rings. The summed E-state index contributed by atoms with van der Waals surface area (Å²) in [5.41, 5.74) is 0.683. The molecule has 0 bridgehead atoms. The number of rotatable bonds is 4. The van der Waals surface area contributed by atoms with E-state index in [2.05, 4.69) is 20.6 Å². The number of nitrogens with zero attached hydrogens (tertiary/aromatic N) is 3. The van der Waals surface area contributed by atoms with E-state index in [1.54, 1.807) is 35.8 Å². The zero-order valence-electron chi connectivity index (χ0n) is 12.7. The lowest BCUT2D eigenvalue weighted by Crippen LogP contribution is -2.57. The van der Waals surface area contributed by atoms with Gasteiger partial charge in [0.15, 0.2) is 0 Å². The number of urea groups is 1. The number of nitrogens with one attached hydrogen (secondary N) is 2. The molecule has 2 amide bonds. The predicted molar refractivity (Wildman–Crippen MR) is 86.4 cm³/mol. The molecule has 0 aromatic carbocycles. The maximum Gasteiger partial charge on any atom is 0.322 e. The standard InChI is InChI=1S/C16H19N5O2/c22-16(20-13-3-1-5-17-9-13)21-8-7-19-10-14(21)12-23-15-4-2-6-18-11-15/h1-6,9,11,14,19H,7-8,10,12H2,(H,20,22). The maximum atomic E-state index is 12.5. The lowest BCUT2D eigenvalue weighted by Gasteiger charge is -2.35. The number of carbonyl (C=O) groups is 1. The molecule has 0 saturated carbocycles. The Labute approximate surface area is 134 Å². The van der Waals surface area contributed by atoms with Crippen LogP contribution in [0.25, 0.3) is 0 Å². The predicted octanol–water partition coefficient (Wildman–Crippen LogP) is 1.36. The highest BCUT2D eigenvalue weighted by atomic mass is 16.5. The summed E-state index contributed by atoms with van der Waals surface area (Å²) in [5, 5.41) is 6.16. The number of aromatic nitrogens is 2. The molecule has 3 heterocycles. The van der Waals surface area contributed by atoms with Gasteiger partial charge in [-0.15, -0.1) is 0 Å². The summed E-state index contributed by atoms with van der Waals surface area (Å²) in [7, 11) is 0. The van der Waals surface area contributed by atoms with Gasteiger partial charge in [0.25, 0.3) is 0 Å². The van der Waals surface area contributed by atoms with Gasteiger partial charge in [-0.25, -0.2) is 4.79 Å². The zero-order valence-corrected chi connectivity index (χ0v) is 12.7. The van der Waals surface area contributed by atoms with Crippen LogP contribution < -0.4 is 15.4 Å². The molecule has 1 aliphatic heterocycles. The van der Waals surface area contributed by atoms with Crippen LogP contribution in [0.15, 0.2) is 49.1 Å². The van der Waals surface area contributed by atoms with Crippen molar-refractivity contribution in [2.24, 2.45) is 0 Å². The van der Waals surface area contributed by atoms with Crippen LogP contribution in [0, 0.1) is 0 Å². The van der Waals surface area contributed by atoms with Crippen LogP contribution >= 0.6 is 0 Å². The second-order valence-corrected chi connectivity index (χ2v) is 5.22. The number of hydrogen-bond acceptors (Lipinski definition) is 5. The summed E-state index contributed by atoms with van der Waals surface area (Å²) in [6, 6.07) is 7.09. The Hall–Kier alpha value is -2.67. The first-order chi connectivity index (χ1) is 11.3. The lowest BCUT2D eigenvalue weighted by atomic mass is 10.2. The fraction of sp³-hybridized carbons (Fsp3) is 0.312. The van der Waals surface area contributed by atoms with Gasteiger partial charge in [0, 0.05) is 32.0 Å². The van der Waals surface area contributed by atoms with Crippen molar-refractivity contribution in [2.45, 2.75) is 6.04 Å². The average Bonchev–Trinajstić information content (AvgIpc) is 2.62. The third-order valence-electron chi connectivity index (χ3n) is 3.60. The van der Waals surface area contributed by atoms with Crippen molar-refractivity contribution in [2.75, 3.05) is 31.6 Å². The first kappa shape index (κ1) is 15.2. The second kappa shape index (κ2) is 7.55. The first-order valence-electron chi connectivity index (χ1n) is 7.54. The number of anilines is 1. The number of ether oxygens (including phenoxy) is 1. The molecule has 1 aliphatic rings. The Kier molecular flexibility index (Phi) is 5.00. The molecule has 0 aliphatic carbocycles. The third kappa shape index (κ3) is 4.17. The molecule has 1 atom stereocenters. The topological polar surface area (TPSA) is 79.4 Å². The maximum absolute atomic E-state index is 12.5. The van der Waals surface area contributed by atoms with Gasteiger partial charge in [-0.3, -0.25) is 9.97 Å². The highest BCUT2D eigenvalue weighted by Crippen LogP contribution is 2.12. The van der Waals surface area contributed by atoms with Gasteiger partial charge in [0.2, 0.25) is 0 Å². The van der Waals surface area contributed by atoms with Crippen molar-refractivity contribution < 1.29 is 9.53 Å². The molecular formula is C16H19N5O2. The number of carbonyl (C=O) groups excluding carboxylic acids is 1. The van der Waals surface area contributed by atoms with Crippen LogP contribution in [0.3, 0.4) is 0 Å². The molecule has 1 fully saturated rings. The first-order valence-corrected chi connectivity index (χ1v) is 7.54. The van der Waals surface area contributed by atoms with Crippen LogP contribution in [0.2, 0.25) is 0 Å². The molecule has 3 rings (SSSR count). The summed E-state index contributed by atoms with van der Waals surface area (Å²) in [4.78, 5) is 22.3. The van der Waals surface area contributed by atoms with Gasteiger partial charge in [0.1, 0.15) is 12.4 Å². The highest BCUT2D eigenvalue weighted by Gasteiger charge is 2.27. The molecule has 0 radical (unpaired) electrons. The minimum absolute atomic E-state index is 0.0411. The molecule has 1 saturated heterocycles. The molecule has 1 unspecified atom stereocenters. The Morgan fingerprint density at radius 3 is 2.87 bits per heavy atom. The molecule has 120 valence electrons. The Balaban J connectivity index is 1.60. The van der Waals surface area contributed by atoms with E-state index in [0.29, 0.717) is 31.1 Å². The third-order valence-corrected chi connectivity index (χ3v) is 3.60. The minimum atomic E-state index is -0.140. The molecule has 7 heteroatoms. The van der Waals surface area contributed by atoms with E-state index in [4.69, 9.17) is 4.74 Å². The van der Waals surface area contributed by atoms with Crippen molar-refractivity contribution in [1.29, 1.82) is 0 Å². The summed E-state index contributed by atoms with van der Waals surface area (Å²) in [6.45, 7) is 2.51. The van der Waals surface area contributed by atoms with Crippen molar-refractivity contribution >= 4 is 11.7 Å². The molecule has 0 spiro atoms. The van der Waals surface area contributed by atoms with Crippen LogP contribution in [-0.2, 0) is 0 Å². The van der Waals surface area contributed by atoms with Gasteiger partial charge in [0.05, 0.1) is 24.1 Å². The number of hydrogen-bond donors (Lipinski definition) is 2. The monoisotopic (exact) mass is 313 g/mol. The summed E-state index contributed by atoms with van der Waals surface area (Å²) < 4.78 is 5.74. The Morgan fingerprint density at radius 1 is 1.30 bits per heavy atom. The molecular weight excluding hydrogens is 294 g/mol. The van der Waals surface area contributed by atoms with Gasteiger partial charge >= 0.3 is 6.03 Å². The van der Waals surface area contributed by atoms with E-state index in [0.717, 1.165) is 6.54 Å². The van der Waals surface area contributed by atoms with Crippen molar-refractivity contribution in [1.82, 2.24) is 20.2 Å². The van der Waals surface area contributed by atoms with Crippen LogP contribution in [-0.4, -0.2) is 53.2 Å². The lowest BCUT2D eigenvalue weighted by molar-refractivity contribution is 0.133. The molecule has 23 heavy (non-hydrogen) atoms. The van der Waals surface area contributed by atoms with Crippen molar-refractivity contribution in [3.63, 3.8) is 0 Å². The average molecular weight is 313 g/mol. The van der Waals surface area contributed by atoms with E-state index in [9.17, 15) is 4.79 Å². The van der Waals surface area contributed by atoms with Gasteiger partial charge in [-0.1, -0.05) is 0 Å². The molecule has 7 nitrogen and oxygen atoms in total. The van der Waals surface area contributed by atoms with Crippen molar-refractivity contribution in [3.05, 3.63) is 49.1 Å². The second-order valence-electron chi connectivity index (χ2n) is 5.22. The smallest absolute Gasteiger partial charge is 0.322 e. The van der Waals surface area contributed by atoms with Gasteiger partial charge in [-0.05, 0) is 24.3 Å². The highest BCUT2D eigenvalue weighted by molar-refractivity contribution is 5.89. The normalized spacial score (nSPS) is 17.6. The number of pyridine rings is 2. The Morgan fingerprint density at radius 2 is 2.13 bits per heavy atom.